The van der Waals surface area contributed by atoms with Crippen molar-refractivity contribution in [3.63, 3.8) is 0 Å². The van der Waals surface area contributed by atoms with Crippen LogP contribution >= 0.6 is 0 Å². The Hall–Kier alpha value is -1.71. The van der Waals surface area contributed by atoms with E-state index in [0.717, 1.165) is 25.2 Å². The van der Waals surface area contributed by atoms with Crippen molar-refractivity contribution in [1.82, 2.24) is 9.80 Å². The Morgan fingerprint density at radius 1 is 0.810 bits per heavy atom. The van der Waals surface area contributed by atoms with Crippen LogP contribution in [0.2, 0.25) is 0 Å². The molecule has 0 aromatic heterocycles. The molecule has 0 spiro atoms. The smallest absolute Gasteiger partial charge is 0.127 e. The first-order valence-corrected chi connectivity index (χ1v) is 7.29. The van der Waals surface area contributed by atoms with Gasteiger partial charge in [-0.2, -0.15) is 0 Å². The van der Waals surface area contributed by atoms with Crippen molar-refractivity contribution in [2.75, 3.05) is 27.2 Å². The molecular formula is C18H23FN2. The minimum atomic E-state index is -0.125. The molecule has 0 atom stereocenters. The van der Waals surface area contributed by atoms with Gasteiger partial charge in [-0.15, -0.1) is 0 Å². The molecule has 2 aromatic carbocycles. The quantitative estimate of drug-likeness (QED) is 0.770. The molecule has 0 aliphatic carbocycles. The maximum Gasteiger partial charge on any atom is 0.127 e. The van der Waals surface area contributed by atoms with E-state index in [1.54, 1.807) is 6.07 Å². The van der Waals surface area contributed by atoms with Gasteiger partial charge in [-0.05, 0) is 25.7 Å². The van der Waals surface area contributed by atoms with Crippen molar-refractivity contribution in [3.8, 4) is 0 Å². The van der Waals surface area contributed by atoms with Crippen molar-refractivity contribution in [2.24, 2.45) is 0 Å². The molecule has 0 fully saturated rings. The molecule has 0 heterocycles. The Balaban J connectivity index is 2.06. The van der Waals surface area contributed by atoms with E-state index in [1.165, 1.54) is 11.6 Å². The van der Waals surface area contributed by atoms with E-state index >= 15 is 0 Å². The van der Waals surface area contributed by atoms with Gasteiger partial charge in [-0.1, -0.05) is 48.5 Å². The summed E-state index contributed by atoms with van der Waals surface area (Å²) in [5, 5.41) is 0. The topological polar surface area (TPSA) is 6.48 Å². The molecule has 0 saturated carbocycles. The number of halogens is 1. The van der Waals surface area contributed by atoms with Crippen molar-refractivity contribution in [2.45, 2.75) is 13.1 Å². The second kappa shape index (κ2) is 7.91. The van der Waals surface area contributed by atoms with Crippen molar-refractivity contribution < 1.29 is 4.39 Å². The summed E-state index contributed by atoms with van der Waals surface area (Å²) in [4.78, 5) is 4.44. The third kappa shape index (κ3) is 5.29. The Kier molecular flexibility index (Phi) is 5.90. The fourth-order valence-electron chi connectivity index (χ4n) is 2.26. The summed E-state index contributed by atoms with van der Waals surface area (Å²) in [7, 11) is 4.12. The minimum Gasteiger partial charge on any atom is -0.308 e. The molecule has 3 heteroatoms. The largest absolute Gasteiger partial charge is 0.308 e. The van der Waals surface area contributed by atoms with Gasteiger partial charge >= 0.3 is 0 Å². The first-order chi connectivity index (χ1) is 10.1. The molecule has 0 aliphatic heterocycles. The number of hydrogen-bond acceptors (Lipinski definition) is 2. The molecule has 112 valence electrons. The molecule has 0 unspecified atom stereocenters. The van der Waals surface area contributed by atoms with Crippen LogP contribution in [-0.2, 0) is 13.1 Å². The minimum absolute atomic E-state index is 0.125. The van der Waals surface area contributed by atoms with Gasteiger partial charge in [0.15, 0.2) is 0 Å². The lowest BCUT2D eigenvalue weighted by Gasteiger charge is -2.24. The van der Waals surface area contributed by atoms with Crippen molar-refractivity contribution >= 4 is 0 Å². The van der Waals surface area contributed by atoms with Crippen molar-refractivity contribution in [3.05, 3.63) is 71.5 Å². The number of rotatable bonds is 7. The summed E-state index contributed by atoms with van der Waals surface area (Å²) < 4.78 is 13.9. The third-order valence-electron chi connectivity index (χ3n) is 3.46. The van der Waals surface area contributed by atoms with Crippen LogP contribution in [0.3, 0.4) is 0 Å². The van der Waals surface area contributed by atoms with E-state index in [9.17, 15) is 4.39 Å². The van der Waals surface area contributed by atoms with Gasteiger partial charge in [0, 0.05) is 31.7 Å². The highest BCUT2D eigenvalue weighted by Crippen LogP contribution is 2.12. The second-order valence-corrected chi connectivity index (χ2v) is 5.59. The SMILES string of the molecule is CN(C)CCN(Cc1ccccc1)Cc1ccccc1F. The fourth-order valence-corrected chi connectivity index (χ4v) is 2.26. The highest BCUT2D eigenvalue weighted by atomic mass is 19.1. The maximum absolute atomic E-state index is 13.9. The first kappa shape index (κ1) is 15.7. The van der Waals surface area contributed by atoms with Crippen LogP contribution in [0.1, 0.15) is 11.1 Å². The average Bonchev–Trinajstić information content (AvgIpc) is 2.48. The lowest BCUT2D eigenvalue weighted by atomic mass is 10.1. The van der Waals surface area contributed by atoms with E-state index in [0.29, 0.717) is 6.54 Å². The molecule has 2 nitrogen and oxygen atoms in total. The van der Waals surface area contributed by atoms with Crippen LogP contribution in [0.5, 0.6) is 0 Å². The predicted octanol–water partition coefficient (Wildman–Crippen LogP) is 3.39. The molecule has 0 radical (unpaired) electrons. The van der Waals surface area contributed by atoms with Gasteiger partial charge in [-0.25, -0.2) is 4.39 Å². The van der Waals surface area contributed by atoms with E-state index in [2.05, 4.69) is 36.0 Å². The zero-order valence-corrected chi connectivity index (χ0v) is 12.8. The summed E-state index contributed by atoms with van der Waals surface area (Å²) in [6.45, 7) is 3.34. The first-order valence-electron chi connectivity index (χ1n) is 7.29. The van der Waals surface area contributed by atoms with Gasteiger partial charge < -0.3 is 4.90 Å². The van der Waals surface area contributed by atoms with Crippen molar-refractivity contribution in [1.29, 1.82) is 0 Å². The zero-order valence-electron chi connectivity index (χ0n) is 12.8. The van der Waals surface area contributed by atoms with Crippen LogP contribution in [0.25, 0.3) is 0 Å². The summed E-state index contributed by atoms with van der Waals surface area (Å²) in [6, 6.07) is 17.4. The summed E-state index contributed by atoms with van der Waals surface area (Å²) in [5.41, 5.74) is 2.01. The number of nitrogens with zero attached hydrogens (tertiary/aromatic N) is 2. The summed E-state index contributed by atoms with van der Waals surface area (Å²) >= 11 is 0. The molecule has 0 bridgehead atoms. The van der Waals surface area contributed by atoms with E-state index < -0.39 is 0 Å². The van der Waals surface area contributed by atoms with Gasteiger partial charge in [0.1, 0.15) is 5.82 Å². The monoisotopic (exact) mass is 286 g/mol. The molecule has 21 heavy (non-hydrogen) atoms. The molecular weight excluding hydrogens is 263 g/mol. The van der Waals surface area contributed by atoms with Gasteiger partial charge in [0.2, 0.25) is 0 Å². The van der Waals surface area contributed by atoms with Crippen LogP contribution in [0.4, 0.5) is 4.39 Å². The van der Waals surface area contributed by atoms with E-state index in [4.69, 9.17) is 0 Å². The number of hydrogen-bond donors (Lipinski definition) is 0. The van der Waals surface area contributed by atoms with Crippen LogP contribution in [0, 0.1) is 5.82 Å². The average molecular weight is 286 g/mol. The van der Waals surface area contributed by atoms with Gasteiger partial charge in [0.25, 0.3) is 0 Å². The Morgan fingerprint density at radius 3 is 2.14 bits per heavy atom. The van der Waals surface area contributed by atoms with Gasteiger partial charge in [-0.3, -0.25) is 4.90 Å². The Labute approximate surface area is 126 Å². The molecule has 0 N–H and O–H groups in total. The highest BCUT2D eigenvalue weighted by molar-refractivity contribution is 5.18. The number of likely N-dealkylation sites (N-methyl/N-ethyl adjacent to an activating group) is 1. The van der Waals surface area contributed by atoms with Gasteiger partial charge in [0.05, 0.1) is 0 Å². The lowest BCUT2D eigenvalue weighted by molar-refractivity contribution is 0.223. The molecule has 0 saturated heterocycles. The third-order valence-corrected chi connectivity index (χ3v) is 3.46. The zero-order chi connectivity index (χ0) is 15.1. The normalized spacial score (nSPS) is 11.3. The molecule has 0 aliphatic rings. The highest BCUT2D eigenvalue weighted by Gasteiger charge is 2.10. The Morgan fingerprint density at radius 2 is 1.48 bits per heavy atom. The van der Waals surface area contributed by atoms with Crippen LogP contribution < -0.4 is 0 Å². The summed E-state index contributed by atoms with van der Waals surface area (Å²) in [6.07, 6.45) is 0. The fraction of sp³-hybridized carbons (Fsp3) is 0.333. The molecule has 2 aromatic rings. The lowest BCUT2D eigenvalue weighted by Crippen LogP contribution is -2.31. The number of benzene rings is 2. The molecule has 2 rings (SSSR count). The molecule has 0 amide bonds. The maximum atomic E-state index is 13.9. The standard InChI is InChI=1S/C18H23FN2/c1-20(2)12-13-21(14-16-8-4-3-5-9-16)15-17-10-6-7-11-18(17)19/h3-11H,12-15H2,1-2H3. The predicted molar refractivity (Wildman–Crippen MR) is 85.5 cm³/mol. The van der Waals surface area contributed by atoms with E-state index in [1.807, 2.05) is 30.3 Å². The van der Waals surface area contributed by atoms with E-state index in [-0.39, 0.29) is 5.82 Å². The van der Waals surface area contributed by atoms with Crippen LogP contribution in [0.15, 0.2) is 54.6 Å². The second-order valence-electron chi connectivity index (χ2n) is 5.59. The van der Waals surface area contributed by atoms with Crippen LogP contribution in [-0.4, -0.2) is 37.0 Å². The Bertz CT molecular complexity index is 540. The summed E-state index contributed by atoms with van der Waals surface area (Å²) in [5.74, 6) is -0.125.